The Bertz CT molecular complexity index is 254. The van der Waals surface area contributed by atoms with Crippen LogP contribution in [-0.4, -0.2) is 41.1 Å². The maximum Gasteiger partial charge on any atom is 0.225 e. The molecule has 0 aromatic heterocycles. The summed E-state index contributed by atoms with van der Waals surface area (Å²) in [7, 11) is 0. The second-order valence-electron chi connectivity index (χ2n) is 5.93. The standard InChI is InChI=1S/C12H25NO3S/c1-11(2,8-17)7-12(3,4)10(16)13-5-9(15)6-14/h9,14-15,17H,5-8H2,1-4H3,(H,13,16). The summed E-state index contributed by atoms with van der Waals surface area (Å²) >= 11 is 4.28. The highest BCUT2D eigenvalue weighted by molar-refractivity contribution is 7.80. The molecule has 0 bridgehead atoms. The molecule has 0 saturated heterocycles. The summed E-state index contributed by atoms with van der Waals surface area (Å²) in [6.07, 6.45) is -0.183. The summed E-state index contributed by atoms with van der Waals surface area (Å²) in [6, 6.07) is 0. The van der Waals surface area contributed by atoms with Gasteiger partial charge in [0, 0.05) is 12.0 Å². The van der Waals surface area contributed by atoms with E-state index in [9.17, 15) is 9.90 Å². The second kappa shape index (κ2) is 6.61. The third-order valence-electron chi connectivity index (χ3n) is 2.67. The molecule has 0 fully saturated rings. The number of thiol groups is 1. The number of carbonyl (C=O) groups excluding carboxylic acids is 1. The first-order valence-electron chi connectivity index (χ1n) is 5.83. The van der Waals surface area contributed by atoms with Gasteiger partial charge in [0.05, 0.1) is 12.7 Å². The van der Waals surface area contributed by atoms with Gasteiger partial charge in [0.25, 0.3) is 0 Å². The molecule has 1 atom stereocenters. The van der Waals surface area contributed by atoms with Crippen LogP contribution < -0.4 is 5.32 Å². The topological polar surface area (TPSA) is 69.6 Å². The molecule has 0 aromatic rings. The van der Waals surface area contributed by atoms with Gasteiger partial charge in [-0.1, -0.05) is 27.7 Å². The third kappa shape index (κ3) is 6.29. The van der Waals surface area contributed by atoms with E-state index < -0.39 is 11.5 Å². The maximum absolute atomic E-state index is 12.0. The van der Waals surface area contributed by atoms with E-state index >= 15 is 0 Å². The van der Waals surface area contributed by atoms with Crippen LogP contribution in [0.3, 0.4) is 0 Å². The van der Waals surface area contributed by atoms with E-state index in [4.69, 9.17) is 5.11 Å². The quantitative estimate of drug-likeness (QED) is 0.514. The summed E-state index contributed by atoms with van der Waals surface area (Å²) in [5.74, 6) is 0.600. The zero-order valence-electron chi connectivity index (χ0n) is 11.2. The van der Waals surface area contributed by atoms with Gasteiger partial charge >= 0.3 is 0 Å². The Morgan fingerprint density at radius 1 is 1.35 bits per heavy atom. The van der Waals surface area contributed by atoms with Gasteiger partial charge in [-0.3, -0.25) is 4.79 Å². The zero-order valence-corrected chi connectivity index (χ0v) is 12.1. The van der Waals surface area contributed by atoms with Gasteiger partial charge in [0.15, 0.2) is 0 Å². The lowest BCUT2D eigenvalue weighted by molar-refractivity contribution is -0.131. The van der Waals surface area contributed by atoms with Crippen LogP contribution in [0.1, 0.15) is 34.1 Å². The highest BCUT2D eigenvalue weighted by Crippen LogP contribution is 2.34. The number of aliphatic hydroxyl groups is 2. The SMILES string of the molecule is CC(C)(CS)CC(C)(C)C(=O)NCC(O)CO. The van der Waals surface area contributed by atoms with Crippen LogP contribution in [0.25, 0.3) is 0 Å². The van der Waals surface area contributed by atoms with Gasteiger partial charge in [-0.25, -0.2) is 0 Å². The molecule has 3 N–H and O–H groups in total. The Morgan fingerprint density at radius 3 is 2.29 bits per heavy atom. The molecule has 4 nitrogen and oxygen atoms in total. The van der Waals surface area contributed by atoms with Crippen molar-refractivity contribution in [1.82, 2.24) is 5.32 Å². The van der Waals surface area contributed by atoms with Gasteiger partial charge in [-0.15, -0.1) is 0 Å². The van der Waals surface area contributed by atoms with Crippen molar-refractivity contribution in [2.45, 2.75) is 40.2 Å². The van der Waals surface area contributed by atoms with Crippen molar-refractivity contribution in [3.05, 3.63) is 0 Å². The van der Waals surface area contributed by atoms with Crippen molar-refractivity contribution in [3.8, 4) is 0 Å². The molecule has 0 aromatic carbocycles. The van der Waals surface area contributed by atoms with Crippen LogP contribution in [0.4, 0.5) is 0 Å². The van der Waals surface area contributed by atoms with E-state index in [0.717, 1.165) is 0 Å². The number of aliphatic hydroxyl groups excluding tert-OH is 2. The predicted octanol–water partition coefficient (Wildman–Crippen LogP) is 0.828. The van der Waals surface area contributed by atoms with Crippen LogP contribution >= 0.6 is 12.6 Å². The average Bonchev–Trinajstić information content (AvgIpc) is 2.23. The lowest BCUT2D eigenvalue weighted by atomic mass is 9.75. The monoisotopic (exact) mass is 263 g/mol. The Kier molecular flexibility index (Phi) is 6.51. The molecule has 1 unspecified atom stereocenters. The van der Waals surface area contributed by atoms with Crippen LogP contribution in [0, 0.1) is 10.8 Å². The summed E-state index contributed by atoms with van der Waals surface area (Å²) in [4.78, 5) is 12.0. The van der Waals surface area contributed by atoms with E-state index in [1.165, 1.54) is 0 Å². The Morgan fingerprint density at radius 2 is 1.88 bits per heavy atom. The smallest absolute Gasteiger partial charge is 0.225 e. The summed E-state index contributed by atoms with van der Waals surface area (Å²) in [5.41, 5.74) is -0.527. The molecule has 0 aliphatic heterocycles. The Hall–Kier alpha value is -0.260. The van der Waals surface area contributed by atoms with Gasteiger partial charge < -0.3 is 15.5 Å². The molecule has 5 heteroatoms. The summed E-state index contributed by atoms with van der Waals surface area (Å²) in [5, 5.41) is 20.5. The highest BCUT2D eigenvalue weighted by Gasteiger charge is 2.34. The maximum atomic E-state index is 12.0. The summed E-state index contributed by atoms with van der Waals surface area (Å²) < 4.78 is 0. The molecule has 0 saturated carbocycles. The van der Waals surface area contributed by atoms with Crippen molar-refractivity contribution < 1.29 is 15.0 Å². The molecular formula is C12H25NO3S. The van der Waals surface area contributed by atoms with Crippen LogP contribution in [0.2, 0.25) is 0 Å². The highest BCUT2D eigenvalue weighted by atomic mass is 32.1. The molecule has 1 amide bonds. The van der Waals surface area contributed by atoms with Crippen LogP contribution in [-0.2, 0) is 4.79 Å². The molecule has 0 aliphatic carbocycles. The van der Waals surface area contributed by atoms with E-state index in [2.05, 4.69) is 31.8 Å². The number of hydrogen-bond donors (Lipinski definition) is 4. The number of rotatable bonds is 7. The minimum Gasteiger partial charge on any atom is -0.394 e. The van der Waals surface area contributed by atoms with E-state index in [-0.39, 0.29) is 24.5 Å². The lowest BCUT2D eigenvalue weighted by Crippen LogP contribution is -2.43. The molecule has 0 radical (unpaired) electrons. The van der Waals surface area contributed by atoms with Crippen molar-refractivity contribution in [3.63, 3.8) is 0 Å². The largest absolute Gasteiger partial charge is 0.394 e. The Balaban J connectivity index is 4.35. The van der Waals surface area contributed by atoms with E-state index in [1.807, 2.05) is 13.8 Å². The normalized spacial score (nSPS) is 14.5. The fourth-order valence-corrected chi connectivity index (χ4v) is 1.96. The van der Waals surface area contributed by atoms with E-state index in [0.29, 0.717) is 12.2 Å². The van der Waals surface area contributed by atoms with Gasteiger partial charge in [-0.05, 0) is 17.6 Å². The fraction of sp³-hybridized carbons (Fsp3) is 0.917. The van der Waals surface area contributed by atoms with Crippen molar-refractivity contribution in [2.24, 2.45) is 10.8 Å². The summed E-state index contributed by atoms with van der Waals surface area (Å²) in [6.45, 7) is 7.62. The molecule has 0 spiro atoms. The Labute approximate surface area is 109 Å². The first kappa shape index (κ1) is 16.7. The van der Waals surface area contributed by atoms with Crippen LogP contribution in [0.15, 0.2) is 0 Å². The third-order valence-corrected chi connectivity index (χ3v) is 3.53. The zero-order chi connectivity index (χ0) is 13.7. The van der Waals surface area contributed by atoms with Gasteiger partial charge in [0.1, 0.15) is 0 Å². The molecule has 0 heterocycles. The second-order valence-corrected chi connectivity index (χ2v) is 6.25. The predicted molar refractivity (Wildman–Crippen MR) is 72.1 cm³/mol. The average molecular weight is 263 g/mol. The molecule has 0 aliphatic rings. The number of nitrogens with one attached hydrogen (secondary N) is 1. The van der Waals surface area contributed by atoms with Gasteiger partial charge in [-0.2, -0.15) is 12.6 Å². The first-order chi connectivity index (χ1) is 7.64. The number of amides is 1. The van der Waals surface area contributed by atoms with Crippen LogP contribution in [0.5, 0.6) is 0 Å². The number of carbonyl (C=O) groups is 1. The molecular weight excluding hydrogens is 238 g/mol. The number of hydrogen-bond acceptors (Lipinski definition) is 4. The van der Waals surface area contributed by atoms with Crippen molar-refractivity contribution >= 4 is 18.5 Å². The minimum absolute atomic E-state index is 0.0143. The van der Waals surface area contributed by atoms with Gasteiger partial charge in [0.2, 0.25) is 5.91 Å². The molecule has 102 valence electrons. The van der Waals surface area contributed by atoms with Crippen molar-refractivity contribution in [1.29, 1.82) is 0 Å². The minimum atomic E-state index is -0.896. The lowest BCUT2D eigenvalue weighted by Gasteiger charge is -2.33. The molecule has 0 rings (SSSR count). The molecule has 17 heavy (non-hydrogen) atoms. The van der Waals surface area contributed by atoms with E-state index in [1.54, 1.807) is 0 Å². The van der Waals surface area contributed by atoms with Crippen molar-refractivity contribution in [2.75, 3.05) is 18.9 Å². The fourth-order valence-electron chi connectivity index (χ4n) is 1.85. The first-order valence-corrected chi connectivity index (χ1v) is 6.46.